The van der Waals surface area contributed by atoms with Crippen molar-refractivity contribution in [2.45, 2.75) is 212 Å². The molecule has 125 heavy (non-hydrogen) atoms. The van der Waals surface area contributed by atoms with Crippen LogP contribution in [0, 0.1) is 62.9 Å². The molecule has 2 aromatic carbocycles. The Hall–Kier alpha value is -10.7. The monoisotopic (exact) mass is 1950 g/mol. The van der Waals surface area contributed by atoms with Crippen LogP contribution in [0.15, 0.2) is 79.5 Å². The summed E-state index contributed by atoms with van der Waals surface area (Å²) in [4.78, 5) is 136. The minimum atomic E-state index is -0.773. The van der Waals surface area contributed by atoms with E-state index in [4.69, 9.17) is 47.4 Å². The van der Waals surface area contributed by atoms with Gasteiger partial charge in [-0.25, -0.2) is 48.9 Å². The summed E-state index contributed by atoms with van der Waals surface area (Å²) in [5, 5.41) is 5.31. The molecule has 5 aliphatic heterocycles. The maximum Gasteiger partial charge on any atom is 0.411 e. The molecule has 0 unspecified atom stereocenters. The predicted molar refractivity (Wildman–Crippen MR) is 479 cm³/mol. The van der Waals surface area contributed by atoms with Crippen LogP contribution in [-0.4, -0.2) is 259 Å². The number of likely N-dealkylation sites (tertiary alicyclic amines) is 5. The Morgan fingerprint density at radius 3 is 0.800 bits per heavy atom. The molecule has 0 saturated carbocycles. The van der Waals surface area contributed by atoms with Crippen molar-refractivity contribution in [3.05, 3.63) is 157 Å². The highest BCUT2D eigenvalue weighted by atomic mass is 127. The quantitative estimate of drug-likeness (QED) is 0.0268. The molecule has 10 heterocycles. The van der Waals surface area contributed by atoms with E-state index in [9.17, 15) is 33.6 Å². The number of benzene rings is 2. The highest BCUT2D eigenvalue weighted by molar-refractivity contribution is 14.1. The Kier molecular flexibility index (Phi) is 34.5. The van der Waals surface area contributed by atoms with Gasteiger partial charge in [0.15, 0.2) is 0 Å². The van der Waals surface area contributed by atoms with Crippen LogP contribution in [0.3, 0.4) is 0 Å². The molecular formula is C89H115I2N17O17. The van der Waals surface area contributed by atoms with Gasteiger partial charge < -0.3 is 92.7 Å². The third kappa shape index (κ3) is 27.2. The van der Waals surface area contributed by atoms with Gasteiger partial charge in [0.05, 0.1) is 129 Å². The summed E-state index contributed by atoms with van der Waals surface area (Å²) in [6.45, 7) is 26.2. The molecular weight excluding hydrogens is 1830 g/mol. The highest BCUT2D eigenvalue weighted by Gasteiger charge is 2.46. The fraction of sp³-hybridized carbons (Fsp3) is 0.528. The van der Waals surface area contributed by atoms with Gasteiger partial charge in [-0.3, -0.25) is 24.3 Å². The van der Waals surface area contributed by atoms with E-state index in [1.54, 1.807) is 91.0 Å². The van der Waals surface area contributed by atoms with Crippen molar-refractivity contribution in [1.82, 2.24) is 85.0 Å². The zero-order valence-corrected chi connectivity index (χ0v) is 78.8. The van der Waals surface area contributed by atoms with Crippen LogP contribution in [-0.2, 0) is 57.0 Å². The van der Waals surface area contributed by atoms with Crippen LogP contribution >= 0.6 is 46.6 Å². The molecule has 0 spiro atoms. The number of carbonyl (C=O) groups is 7. The summed E-state index contributed by atoms with van der Waals surface area (Å²) >= 11 is 2.16. The minimum absolute atomic E-state index is 0. The first-order valence-electron chi connectivity index (χ1n) is 41.0. The number of aromatic amines is 5. The lowest BCUT2D eigenvalue weighted by Crippen LogP contribution is -2.51. The van der Waals surface area contributed by atoms with E-state index in [1.807, 2.05) is 139 Å². The lowest BCUT2D eigenvalue weighted by atomic mass is 10.0. The van der Waals surface area contributed by atoms with Crippen molar-refractivity contribution in [2.75, 3.05) is 82.5 Å². The third-order valence-electron chi connectivity index (χ3n) is 20.9. The van der Waals surface area contributed by atoms with Gasteiger partial charge in [0.2, 0.25) is 11.8 Å². The number of aromatic nitrogens is 10. The number of alkyl carbamates (subject to hydrolysis) is 2. The smallest absolute Gasteiger partial charge is 0.411 e. The van der Waals surface area contributed by atoms with E-state index in [0.29, 0.717) is 104 Å². The van der Waals surface area contributed by atoms with Gasteiger partial charge in [0.25, 0.3) is 0 Å². The molecule has 12 atom stereocenters. The molecule has 7 aromatic rings. The first-order valence-corrected chi connectivity index (χ1v) is 42.0. The van der Waals surface area contributed by atoms with Crippen LogP contribution in [0.25, 0.3) is 0 Å². The Morgan fingerprint density at radius 2 is 0.592 bits per heavy atom. The molecule has 5 fully saturated rings. The molecule has 7 N–H and O–H groups in total. The molecule has 0 bridgehead atoms. The zero-order chi connectivity index (χ0) is 90.1. The van der Waals surface area contributed by atoms with Gasteiger partial charge in [-0.1, -0.05) is 51.4 Å². The molecule has 0 aliphatic carbocycles. The number of H-pyrrole nitrogens is 5. The van der Waals surface area contributed by atoms with Gasteiger partial charge in [0, 0.05) is 103 Å². The molecule has 5 aliphatic rings. The van der Waals surface area contributed by atoms with Crippen molar-refractivity contribution >= 4 is 88.8 Å². The van der Waals surface area contributed by atoms with Crippen molar-refractivity contribution in [3.8, 4) is 47.4 Å². The molecule has 0 radical (unpaired) electrons. The molecule has 672 valence electrons. The van der Waals surface area contributed by atoms with Crippen molar-refractivity contribution in [3.63, 3.8) is 0 Å². The predicted octanol–water partition coefficient (Wildman–Crippen LogP) is 11.9. The second-order valence-electron chi connectivity index (χ2n) is 34.1. The fourth-order valence-electron chi connectivity index (χ4n) is 14.5. The van der Waals surface area contributed by atoms with Crippen LogP contribution in [0.2, 0.25) is 0 Å². The van der Waals surface area contributed by atoms with Gasteiger partial charge in [0.1, 0.15) is 80.8 Å². The molecule has 5 aromatic heterocycles. The fourth-order valence-corrected chi connectivity index (χ4v) is 15.0. The summed E-state index contributed by atoms with van der Waals surface area (Å²) in [5.41, 5.74) is 3.88. The van der Waals surface area contributed by atoms with Gasteiger partial charge >= 0.3 is 30.5 Å². The Labute approximate surface area is 760 Å². The Bertz CT molecular complexity index is 4840. The van der Waals surface area contributed by atoms with E-state index >= 15 is 0 Å². The zero-order valence-electron chi connectivity index (χ0n) is 74.4. The Balaban J connectivity index is 0.000000232. The number of ether oxygens (including phenoxy) is 10. The number of amides is 7. The van der Waals surface area contributed by atoms with E-state index in [-0.39, 0.29) is 114 Å². The van der Waals surface area contributed by atoms with E-state index in [1.165, 1.54) is 14.2 Å². The molecule has 5 saturated heterocycles. The molecule has 7 amide bonds. The van der Waals surface area contributed by atoms with Crippen LogP contribution < -0.4 is 10.6 Å². The number of hydrogen-bond acceptors (Lipinski definition) is 22. The number of methoxy groups -OCH3 is 7. The second kappa shape index (κ2) is 43.9. The summed E-state index contributed by atoms with van der Waals surface area (Å²) in [7, 11) is 10.7. The van der Waals surface area contributed by atoms with E-state index in [0.717, 1.165) is 38.2 Å². The Morgan fingerprint density at radius 1 is 0.368 bits per heavy atom. The first-order chi connectivity index (χ1) is 58.8. The lowest BCUT2D eigenvalue weighted by Gasteiger charge is -2.29. The number of nitrogens with zero attached hydrogens (tertiary/aromatic N) is 10. The maximum absolute atomic E-state index is 13.6. The normalized spacial score (nSPS) is 20.7. The largest absolute Gasteiger partial charge is 0.453 e. The van der Waals surface area contributed by atoms with Crippen molar-refractivity contribution < 1.29 is 80.9 Å². The SMILES string of the molecule is COC(=O)N[C@H](C(=O)N1C[C@@H](OC)C[C@H]1c1ncc(C#Cc2ccc(C#Cc3cnc([C@@H]4C[C@H](OC)CN4C(=O)[C@@H](NC(=O)OC)C(C)C)[nH]3)cc2)[nH]1)C(C)C.CO[C@H]1C[C@@H](c2ncc(C#Cc3ccc(C#Cc4cnc([C@@H]5C[C@H](OC)CN5C(=O)OC(C)(C)C)[nH]4)cc3)[nH]2)N(C(=O)OC(C)(C)C)C1.CO[C@H]1C[C@@H](c2ncc(I)[nH]2)N(C(=O)OC(C)(C)C)C1.I. The van der Waals surface area contributed by atoms with Crippen LogP contribution in [0.5, 0.6) is 0 Å². The second-order valence-corrected chi connectivity index (χ2v) is 35.3. The van der Waals surface area contributed by atoms with Crippen LogP contribution in [0.1, 0.15) is 226 Å². The van der Waals surface area contributed by atoms with Crippen LogP contribution in [0.4, 0.5) is 24.0 Å². The van der Waals surface area contributed by atoms with Gasteiger partial charge in [-0.15, -0.1) is 24.0 Å². The summed E-state index contributed by atoms with van der Waals surface area (Å²) in [6.07, 6.45) is 8.33. The number of rotatable bonds is 16. The van der Waals surface area contributed by atoms with Crippen molar-refractivity contribution in [2.24, 2.45) is 11.8 Å². The number of imidazole rings is 5. The van der Waals surface area contributed by atoms with Gasteiger partial charge in [-0.05, 0) is 169 Å². The molecule has 12 rings (SSSR count). The topological polar surface area (TPSA) is 395 Å². The summed E-state index contributed by atoms with van der Waals surface area (Å²) in [6, 6.07) is 12.0. The first kappa shape index (κ1) is 98.1. The van der Waals surface area contributed by atoms with E-state index < -0.39 is 53.3 Å². The minimum Gasteiger partial charge on any atom is -0.453 e. The summed E-state index contributed by atoms with van der Waals surface area (Å²) < 4.78 is 54.8. The average Bonchev–Trinajstić information content (AvgIpc) is 1.66. The molecule has 36 heteroatoms. The molecule has 34 nitrogen and oxygen atoms in total. The third-order valence-corrected chi connectivity index (χ3v) is 21.4. The standard InChI is InChI=1S/C40H50N8O8.C36H44N6O6.C13H20IN3O3.HI/c1-23(2)33(45-39(51)55-7)37(49)47-21-29(53-5)17-31(47)35-41-19-27(43-35)15-13-25-9-11-26(12-10-25)14-16-28-20-42-36(44-28)32-18-30(54-6)22-48(32)38(50)34(24(3)4)46-40(52)56-8;1-35(2,3)47-33(43)41-21-27(45-7)17-29(41)31-37-19-25(39-31)15-13-23-9-11-24(12-10-23)14-16-26-20-38-32(40-26)30-18-28(46-8)22-42(30)34(44)48-36(4,5)6;1-13(2,3)20-12(18)17-7-8(19-4)5-9(17)11-15-6-10(14)16-11;/h9-12,19-20,23-24,29-34H,17-18,21-22H2,1-8H3,(H,41,43)(H,42,44)(H,45,51)(H,46,52);9-12,19-20,27-30H,17-18,21-22H2,1-8H3,(H,37,39)(H,38,40);6,8-9H,5,7H2,1-4H3,(H,15,16);1H/t29-,30-,31-,32-,33-,34-;27-,28-,29-,30-;8-,9-;/m000./s1. The number of halogens is 2. The number of carbonyl (C=O) groups excluding carboxylic acids is 7. The lowest BCUT2D eigenvalue weighted by molar-refractivity contribution is -0.136. The van der Waals surface area contributed by atoms with Crippen molar-refractivity contribution in [1.29, 1.82) is 0 Å². The van der Waals surface area contributed by atoms with E-state index in [2.05, 4.69) is 130 Å². The average molecular weight is 1950 g/mol. The van der Waals surface area contributed by atoms with Gasteiger partial charge in [-0.2, -0.15) is 0 Å². The highest BCUT2D eigenvalue weighted by Crippen LogP contribution is 2.39. The summed E-state index contributed by atoms with van der Waals surface area (Å²) in [5.74, 6) is 27.4. The number of nitrogens with one attached hydrogen (secondary N) is 7. The maximum atomic E-state index is 13.6. The number of hydrogen-bond donors (Lipinski definition) is 7.